The first kappa shape index (κ1) is 11.4. The summed E-state index contributed by atoms with van der Waals surface area (Å²) in [5, 5.41) is 3.31. The quantitative estimate of drug-likeness (QED) is 0.858. The predicted octanol–water partition coefficient (Wildman–Crippen LogP) is 3.60. The van der Waals surface area contributed by atoms with Gasteiger partial charge in [0.25, 0.3) is 0 Å². The van der Waals surface area contributed by atoms with Crippen LogP contribution in [0.15, 0.2) is 60.8 Å². The molecule has 2 rings (SSSR count). The fraction of sp³-hybridized carbons (Fsp3) is 0.133. The molecule has 0 aliphatic rings. The first-order valence-electron chi connectivity index (χ1n) is 5.75. The molecule has 0 spiro atoms. The van der Waals surface area contributed by atoms with E-state index in [1.807, 2.05) is 36.4 Å². The van der Waals surface area contributed by atoms with Gasteiger partial charge in [-0.1, -0.05) is 48.6 Å². The summed E-state index contributed by atoms with van der Waals surface area (Å²) in [5.74, 6) is 0.901. The Morgan fingerprint density at radius 2 is 1.82 bits per heavy atom. The van der Waals surface area contributed by atoms with Gasteiger partial charge in [-0.2, -0.15) is 0 Å². The highest BCUT2D eigenvalue weighted by Gasteiger charge is 1.96. The Balaban J connectivity index is 1.94. The summed E-state index contributed by atoms with van der Waals surface area (Å²) in [6.45, 7) is 2.11. The number of hydrogen-bond donors (Lipinski definition) is 1. The summed E-state index contributed by atoms with van der Waals surface area (Å²) in [6, 6.07) is 16.4. The maximum absolute atomic E-state index is 4.23. The molecule has 1 heterocycles. The van der Waals surface area contributed by atoms with Crippen molar-refractivity contribution < 1.29 is 0 Å². The second-order valence-electron chi connectivity index (χ2n) is 3.92. The molecule has 17 heavy (non-hydrogen) atoms. The second kappa shape index (κ2) is 5.85. The van der Waals surface area contributed by atoms with Crippen molar-refractivity contribution in [2.45, 2.75) is 13.0 Å². The molecule has 0 saturated heterocycles. The number of benzene rings is 1. The van der Waals surface area contributed by atoms with Crippen LogP contribution in [-0.2, 0) is 0 Å². The van der Waals surface area contributed by atoms with Crippen molar-refractivity contribution in [3.05, 3.63) is 66.4 Å². The summed E-state index contributed by atoms with van der Waals surface area (Å²) in [6.07, 6.45) is 6.03. The van der Waals surface area contributed by atoms with Crippen LogP contribution >= 0.6 is 0 Å². The molecule has 1 aromatic carbocycles. The molecule has 1 atom stereocenters. The third kappa shape index (κ3) is 3.76. The summed E-state index contributed by atoms with van der Waals surface area (Å²) >= 11 is 0. The minimum absolute atomic E-state index is 0.255. The van der Waals surface area contributed by atoms with E-state index < -0.39 is 0 Å². The van der Waals surface area contributed by atoms with Crippen LogP contribution in [0.3, 0.4) is 0 Å². The van der Waals surface area contributed by atoms with E-state index in [2.05, 4.69) is 41.5 Å². The van der Waals surface area contributed by atoms with Crippen LogP contribution in [-0.4, -0.2) is 11.0 Å². The molecule has 2 heteroatoms. The zero-order valence-corrected chi connectivity index (χ0v) is 9.88. The molecule has 0 bridgehead atoms. The fourth-order valence-corrected chi connectivity index (χ4v) is 1.55. The van der Waals surface area contributed by atoms with Gasteiger partial charge in [-0.15, -0.1) is 0 Å². The van der Waals surface area contributed by atoms with Crippen molar-refractivity contribution in [3.8, 4) is 0 Å². The van der Waals surface area contributed by atoms with E-state index in [0.29, 0.717) is 0 Å². The Bertz CT molecular complexity index is 463. The number of anilines is 1. The molecule has 2 nitrogen and oxygen atoms in total. The maximum Gasteiger partial charge on any atom is 0.126 e. The van der Waals surface area contributed by atoms with E-state index in [1.165, 1.54) is 5.56 Å². The molecule has 86 valence electrons. The monoisotopic (exact) mass is 224 g/mol. The van der Waals surface area contributed by atoms with Crippen molar-refractivity contribution >= 4 is 11.9 Å². The Hall–Kier alpha value is -2.09. The van der Waals surface area contributed by atoms with E-state index in [1.54, 1.807) is 6.20 Å². The average Bonchev–Trinajstić information content (AvgIpc) is 2.39. The van der Waals surface area contributed by atoms with Crippen molar-refractivity contribution in [2.75, 3.05) is 5.32 Å². The third-order valence-electron chi connectivity index (χ3n) is 2.42. The molecule has 1 unspecified atom stereocenters. The van der Waals surface area contributed by atoms with Gasteiger partial charge in [-0.25, -0.2) is 4.98 Å². The molecular formula is C15H16N2. The molecule has 1 aromatic heterocycles. The SMILES string of the molecule is CC(/C=C/c1ccccc1)Nc1ccccn1. The second-order valence-corrected chi connectivity index (χ2v) is 3.92. The molecule has 1 N–H and O–H groups in total. The fourth-order valence-electron chi connectivity index (χ4n) is 1.55. The third-order valence-corrected chi connectivity index (χ3v) is 2.42. The standard InChI is InChI=1S/C15H16N2/c1-13(17-15-9-5-6-12-16-15)10-11-14-7-3-2-4-8-14/h2-13H,1H3,(H,16,17)/b11-10+. The Morgan fingerprint density at radius 1 is 1.06 bits per heavy atom. The first-order chi connectivity index (χ1) is 8.34. The molecule has 0 amide bonds. The summed E-state index contributed by atoms with van der Waals surface area (Å²) in [4.78, 5) is 4.23. The minimum Gasteiger partial charge on any atom is -0.364 e. The Kier molecular flexibility index (Phi) is 3.92. The lowest BCUT2D eigenvalue weighted by atomic mass is 10.2. The smallest absolute Gasteiger partial charge is 0.126 e. The molecule has 0 aliphatic heterocycles. The van der Waals surface area contributed by atoms with E-state index in [4.69, 9.17) is 0 Å². The highest BCUT2D eigenvalue weighted by molar-refractivity contribution is 5.50. The zero-order chi connectivity index (χ0) is 11.9. The summed E-state index contributed by atoms with van der Waals surface area (Å²) in [7, 11) is 0. The van der Waals surface area contributed by atoms with Crippen molar-refractivity contribution in [2.24, 2.45) is 0 Å². The van der Waals surface area contributed by atoms with Crippen LogP contribution in [0.25, 0.3) is 6.08 Å². The number of nitrogens with one attached hydrogen (secondary N) is 1. The first-order valence-corrected chi connectivity index (χ1v) is 5.75. The zero-order valence-electron chi connectivity index (χ0n) is 9.88. The molecule has 0 saturated carbocycles. The number of rotatable bonds is 4. The molecule has 0 aliphatic carbocycles. The highest BCUT2D eigenvalue weighted by Crippen LogP contribution is 2.06. The average molecular weight is 224 g/mol. The lowest BCUT2D eigenvalue weighted by molar-refractivity contribution is 0.985. The number of aromatic nitrogens is 1. The highest BCUT2D eigenvalue weighted by atomic mass is 15.0. The van der Waals surface area contributed by atoms with Gasteiger partial charge in [-0.3, -0.25) is 0 Å². The van der Waals surface area contributed by atoms with Crippen molar-refractivity contribution in [3.63, 3.8) is 0 Å². The van der Waals surface area contributed by atoms with E-state index >= 15 is 0 Å². The topological polar surface area (TPSA) is 24.9 Å². The van der Waals surface area contributed by atoms with Gasteiger partial charge >= 0.3 is 0 Å². The van der Waals surface area contributed by atoms with Gasteiger partial charge in [0.15, 0.2) is 0 Å². The number of nitrogens with zero attached hydrogens (tertiary/aromatic N) is 1. The van der Waals surface area contributed by atoms with Crippen LogP contribution in [0.5, 0.6) is 0 Å². The van der Waals surface area contributed by atoms with Gasteiger partial charge in [0.1, 0.15) is 5.82 Å². The van der Waals surface area contributed by atoms with Crippen LogP contribution in [0.1, 0.15) is 12.5 Å². The molecular weight excluding hydrogens is 208 g/mol. The van der Waals surface area contributed by atoms with Gasteiger partial charge in [0.2, 0.25) is 0 Å². The Morgan fingerprint density at radius 3 is 2.53 bits per heavy atom. The molecule has 0 fully saturated rings. The summed E-state index contributed by atoms with van der Waals surface area (Å²) in [5.41, 5.74) is 1.21. The largest absolute Gasteiger partial charge is 0.364 e. The lowest BCUT2D eigenvalue weighted by Crippen LogP contribution is -2.12. The van der Waals surface area contributed by atoms with Crippen molar-refractivity contribution in [1.29, 1.82) is 0 Å². The lowest BCUT2D eigenvalue weighted by Gasteiger charge is -2.09. The van der Waals surface area contributed by atoms with E-state index in [0.717, 1.165) is 5.82 Å². The van der Waals surface area contributed by atoms with Gasteiger partial charge < -0.3 is 5.32 Å². The maximum atomic E-state index is 4.23. The van der Waals surface area contributed by atoms with Crippen LogP contribution in [0.2, 0.25) is 0 Å². The van der Waals surface area contributed by atoms with Crippen LogP contribution in [0, 0.1) is 0 Å². The summed E-state index contributed by atoms with van der Waals surface area (Å²) < 4.78 is 0. The van der Waals surface area contributed by atoms with Crippen LogP contribution < -0.4 is 5.32 Å². The minimum atomic E-state index is 0.255. The number of hydrogen-bond acceptors (Lipinski definition) is 2. The normalized spacial score (nSPS) is 12.5. The van der Waals surface area contributed by atoms with Crippen LogP contribution in [0.4, 0.5) is 5.82 Å². The van der Waals surface area contributed by atoms with E-state index in [9.17, 15) is 0 Å². The van der Waals surface area contributed by atoms with Gasteiger partial charge in [-0.05, 0) is 24.6 Å². The Labute approximate surface area is 102 Å². The van der Waals surface area contributed by atoms with Gasteiger partial charge in [0, 0.05) is 12.2 Å². The van der Waals surface area contributed by atoms with E-state index in [-0.39, 0.29) is 6.04 Å². The molecule has 0 radical (unpaired) electrons. The molecule has 2 aromatic rings. The van der Waals surface area contributed by atoms with Gasteiger partial charge in [0.05, 0.1) is 0 Å². The predicted molar refractivity (Wildman–Crippen MR) is 72.8 cm³/mol. The van der Waals surface area contributed by atoms with Crippen molar-refractivity contribution in [1.82, 2.24) is 4.98 Å². The number of pyridine rings is 1.